The quantitative estimate of drug-likeness (QED) is 0.929. The standard InChI is InChI=1S/C18H25N3/c1-19-18(14-21-12-10-20(2)11-13-21)17-9-5-7-15-6-3-4-8-16(15)17/h3-9,18-19H,10-14H2,1-2H3. The van der Waals surface area contributed by atoms with Gasteiger partial charge in [0, 0.05) is 38.8 Å². The maximum absolute atomic E-state index is 3.51. The van der Waals surface area contributed by atoms with Gasteiger partial charge in [-0.1, -0.05) is 42.5 Å². The number of likely N-dealkylation sites (N-methyl/N-ethyl adjacent to an activating group) is 2. The van der Waals surface area contributed by atoms with Crippen molar-refractivity contribution in [1.29, 1.82) is 0 Å². The molecule has 3 rings (SSSR count). The molecule has 3 heteroatoms. The summed E-state index contributed by atoms with van der Waals surface area (Å²) in [6.07, 6.45) is 0. The van der Waals surface area contributed by atoms with E-state index in [1.807, 2.05) is 0 Å². The fraction of sp³-hybridized carbons (Fsp3) is 0.444. The van der Waals surface area contributed by atoms with Crippen LogP contribution >= 0.6 is 0 Å². The van der Waals surface area contributed by atoms with Crippen LogP contribution in [0.25, 0.3) is 10.8 Å². The van der Waals surface area contributed by atoms with Gasteiger partial charge in [0.2, 0.25) is 0 Å². The van der Waals surface area contributed by atoms with Crippen molar-refractivity contribution in [3.63, 3.8) is 0 Å². The van der Waals surface area contributed by atoms with Gasteiger partial charge < -0.3 is 10.2 Å². The highest BCUT2D eigenvalue weighted by Gasteiger charge is 2.19. The Morgan fingerprint density at radius 3 is 2.48 bits per heavy atom. The Morgan fingerprint density at radius 1 is 1.00 bits per heavy atom. The predicted molar refractivity (Wildman–Crippen MR) is 89.7 cm³/mol. The summed E-state index contributed by atoms with van der Waals surface area (Å²) < 4.78 is 0. The minimum Gasteiger partial charge on any atom is -0.312 e. The van der Waals surface area contributed by atoms with Crippen molar-refractivity contribution in [3.8, 4) is 0 Å². The molecule has 1 N–H and O–H groups in total. The van der Waals surface area contributed by atoms with Crippen LogP contribution in [-0.2, 0) is 0 Å². The summed E-state index contributed by atoms with van der Waals surface area (Å²) >= 11 is 0. The van der Waals surface area contributed by atoms with Crippen LogP contribution in [0.2, 0.25) is 0 Å². The number of piperazine rings is 1. The zero-order valence-corrected chi connectivity index (χ0v) is 13.0. The molecular weight excluding hydrogens is 258 g/mol. The molecule has 3 nitrogen and oxygen atoms in total. The molecule has 0 aromatic heterocycles. The van der Waals surface area contributed by atoms with Gasteiger partial charge in [0.15, 0.2) is 0 Å². The third kappa shape index (κ3) is 3.26. The molecular formula is C18H25N3. The van der Waals surface area contributed by atoms with Gasteiger partial charge in [-0.15, -0.1) is 0 Å². The second kappa shape index (κ2) is 6.56. The van der Waals surface area contributed by atoms with Crippen molar-refractivity contribution >= 4 is 10.8 Å². The summed E-state index contributed by atoms with van der Waals surface area (Å²) in [6.45, 7) is 5.76. The van der Waals surface area contributed by atoms with Gasteiger partial charge in [-0.25, -0.2) is 0 Å². The largest absolute Gasteiger partial charge is 0.312 e. The lowest BCUT2D eigenvalue weighted by molar-refractivity contribution is 0.143. The molecule has 21 heavy (non-hydrogen) atoms. The summed E-state index contributed by atoms with van der Waals surface area (Å²) in [4.78, 5) is 4.98. The minimum atomic E-state index is 0.388. The van der Waals surface area contributed by atoms with Gasteiger partial charge in [0.1, 0.15) is 0 Å². The molecule has 1 aliphatic heterocycles. The van der Waals surface area contributed by atoms with Crippen LogP contribution in [0.15, 0.2) is 42.5 Å². The molecule has 0 radical (unpaired) electrons. The van der Waals surface area contributed by atoms with Crippen LogP contribution in [-0.4, -0.2) is 56.6 Å². The lowest BCUT2D eigenvalue weighted by atomic mass is 9.98. The molecule has 112 valence electrons. The molecule has 1 aliphatic rings. The molecule has 2 aromatic rings. The van der Waals surface area contributed by atoms with Crippen molar-refractivity contribution in [2.75, 3.05) is 46.8 Å². The van der Waals surface area contributed by atoms with E-state index in [1.54, 1.807) is 0 Å². The average Bonchev–Trinajstić information content (AvgIpc) is 2.54. The monoisotopic (exact) mass is 283 g/mol. The summed E-state index contributed by atoms with van der Waals surface area (Å²) in [5.74, 6) is 0. The molecule has 1 fully saturated rings. The zero-order valence-electron chi connectivity index (χ0n) is 13.0. The number of hydrogen-bond acceptors (Lipinski definition) is 3. The van der Waals surface area contributed by atoms with Crippen LogP contribution in [0.1, 0.15) is 11.6 Å². The van der Waals surface area contributed by atoms with E-state index in [0.29, 0.717) is 6.04 Å². The van der Waals surface area contributed by atoms with E-state index in [9.17, 15) is 0 Å². The average molecular weight is 283 g/mol. The Balaban J connectivity index is 1.81. The molecule has 1 saturated heterocycles. The summed E-state index contributed by atoms with van der Waals surface area (Å²) in [5, 5.41) is 6.21. The normalized spacial score (nSPS) is 19.0. The van der Waals surface area contributed by atoms with Crippen LogP contribution in [0.3, 0.4) is 0 Å². The van der Waals surface area contributed by atoms with E-state index in [1.165, 1.54) is 42.5 Å². The van der Waals surface area contributed by atoms with E-state index in [2.05, 4.69) is 71.7 Å². The fourth-order valence-corrected chi connectivity index (χ4v) is 3.19. The summed E-state index contributed by atoms with van der Waals surface area (Å²) in [6, 6.07) is 15.7. The minimum absolute atomic E-state index is 0.388. The van der Waals surface area contributed by atoms with Crippen molar-refractivity contribution in [2.24, 2.45) is 0 Å². The molecule has 1 unspecified atom stereocenters. The first-order chi connectivity index (χ1) is 10.3. The Morgan fingerprint density at radius 2 is 1.71 bits per heavy atom. The smallest absolute Gasteiger partial charge is 0.0453 e. The van der Waals surface area contributed by atoms with E-state index < -0.39 is 0 Å². The lowest BCUT2D eigenvalue weighted by Crippen LogP contribution is -2.47. The summed E-state index contributed by atoms with van der Waals surface area (Å²) in [5.41, 5.74) is 1.41. The van der Waals surface area contributed by atoms with Gasteiger partial charge in [0.05, 0.1) is 0 Å². The SMILES string of the molecule is CNC(CN1CCN(C)CC1)c1cccc2ccccc12. The number of rotatable bonds is 4. The van der Waals surface area contributed by atoms with Crippen molar-refractivity contribution in [2.45, 2.75) is 6.04 Å². The highest BCUT2D eigenvalue weighted by Crippen LogP contribution is 2.25. The molecule has 0 amide bonds. The van der Waals surface area contributed by atoms with Crippen LogP contribution in [0.5, 0.6) is 0 Å². The fourth-order valence-electron chi connectivity index (χ4n) is 3.19. The second-order valence-corrected chi connectivity index (χ2v) is 6.01. The number of nitrogens with zero attached hydrogens (tertiary/aromatic N) is 2. The molecule has 2 aromatic carbocycles. The van der Waals surface area contributed by atoms with E-state index in [-0.39, 0.29) is 0 Å². The summed E-state index contributed by atoms with van der Waals surface area (Å²) in [7, 11) is 4.28. The number of benzene rings is 2. The Hall–Kier alpha value is -1.42. The highest BCUT2D eigenvalue weighted by atomic mass is 15.3. The van der Waals surface area contributed by atoms with Crippen molar-refractivity contribution in [1.82, 2.24) is 15.1 Å². The van der Waals surface area contributed by atoms with Crippen LogP contribution in [0.4, 0.5) is 0 Å². The molecule has 0 spiro atoms. The number of fused-ring (bicyclic) bond motifs is 1. The third-order valence-electron chi connectivity index (χ3n) is 4.58. The van der Waals surface area contributed by atoms with Crippen molar-refractivity contribution in [3.05, 3.63) is 48.0 Å². The number of hydrogen-bond donors (Lipinski definition) is 1. The topological polar surface area (TPSA) is 18.5 Å². The molecule has 1 heterocycles. The van der Waals surface area contributed by atoms with E-state index >= 15 is 0 Å². The van der Waals surface area contributed by atoms with Gasteiger partial charge in [-0.2, -0.15) is 0 Å². The molecule has 0 bridgehead atoms. The molecule has 1 atom stereocenters. The van der Waals surface area contributed by atoms with Gasteiger partial charge in [-0.3, -0.25) is 4.90 Å². The van der Waals surface area contributed by atoms with Gasteiger partial charge in [-0.05, 0) is 30.4 Å². The van der Waals surface area contributed by atoms with E-state index in [4.69, 9.17) is 0 Å². The first-order valence-corrected chi connectivity index (χ1v) is 7.84. The maximum Gasteiger partial charge on any atom is 0.0453 e. The van der Waals surface area contributed by atoms with Crippen molar-refractivity contribution < 1.29 is 0 Å². The second-order valence-electron chi connectivity index (χ2n) is 6.01. The van der Waals surface area contributed by atoms with Gasteiger partial charge in [0.25, 0.3) is 0 Å². The Kier molecular flexibility index (Phi) is 4.54. The first kappa shape index (κ1) is 14.5. The third-order valence-corrected chi connectivity index (χ3v) is 4.58. The zero-order chi connectivity index (χ0) is 14.7. The highest BCUT2D eigenvalue weighted by molar-refractivity contribution is 5.86. The Labute approximate surface area is 127 Å². The first-order valence-electron chi connectivity index (χ1n) is 7.84. The number of nitrogens with one attached hydrogen (secondary N) is 1. The van der Waals surface area contributed by atoms with Gasteiger partial charge >= 0.3 is 0 Å². The molecule has 0 aliphatic carbocycles. The molecule has 0 saturated carbocycles. The lowest BCUT2D eigenvalue weighted by Gasteiger charge is -2.35. The van der Waals surface area contributed by atoms with E-state index in [0.717, 1.165) is 6.54 Å². The van der Waals surface area contributed by atoms with Crippen LogP contribution < -0.4 is 5.32 Å². The predicted octanol–water partition coefficient (Wildman–Crippen LogP) is 2.35. The Bertz CT molecular complexity index is 583. The van der Waals surface area contributed by atoms with Crippen LogP contribution in [0, 0.1) is 0 Å². The maximum atomic E-state index is 3.51.